The minimum Gasteiger partial charge on any atom is -0.342 e. The fourth-order valence-corrected chi connectivity index (χ4v) is 4.87. The van der Waals surface area contributed by atoms with E-state index >= 15 is 0 Å². The Kier molecular flexibility index (Phi) is 9.34. The number of carbonyl (C=O) groups is 2. The van der Waals surface area contributed by atoms with Gasteiger partial charge in [-0.3, -0.25) is 9.59 Å². The number of halogens is 1. The number of rotatable bonds is 10. The normalized spacial score (nSPS) is 12.0. The van der Waals surface area contributed by atoms with Crippen LogP contribution in [0.3, 0.4) is 0 Å². The minimum absolute atomic E-state index is 0.0607. The molecule has 3 rings (SSSR count). The largest absolute Gasteiger partial charge is 0.342 e. The van der Waals surface area contributed by atoms with E-state index < -0.39 is 0 Å². The summed E-state index contributed by atoms with van der Waals surface area (Å²) in [6.07, 6.45) is 0.842. The van der Waals surface area contributed by atoms with Crippen molar-refractivity contribution in [2.45, 2.75) is 58.8 Å². The van der Waals surface area contributed by atoms with Gasteiger partial charge in [0.25, 0.3) is 5.91 Å². The molecule has 0 radical (unpaired) electrons. The standard InChI is InChI=1S/C26H32ClN5O2S/c1-6-18-12-10-11-17(5)23(18)28-21(33)15-35-26-31-30-24(32(26)7-2)22(16(3)4)29-25(34)19-13-8-9-14-20(19)27/h8-14,16,22H,6-7,15H2,1-5H3,(H,28,33)(H,29,34)/t22-/m0/s1. The van der Waals surface area contributed by atoms with Crippen LogP contribution < -0.4 is 10.6 Å². The van der Waals surface area contributed by atoms with Crippen molar-refractivity contribution >= 4 is 40.9 Å². The number of nitrogens with one attached hydrogen (secondary N) is 2. The summed E-state index contributed by atoms with van der Waals surface area (Å²) in [5.74, 6) is 0.550. The fourth-order valence-electron chi connectivity index (χ4n) is 3.84. The summed E-state index contributed by atoms with van der Waals surface area (Å²) < 4.78 is 1.95. The molecule has 0 bridgehead atoms. The summed E-state index contributed by atoms with van der Waals surface area (Å²) in [5, 5.41) is 15.9. The van der Waals surface area contributed by atoms with Gasteiger partial charge >= 0.3 is 0 Å². The number of benzene rings is 2. The third-order valence-electron chi connectivity index (χ3n) is 5.75. The summed E-state index contributed by atoms with van der Waals surface area (Å²) in [4.78, 5) is 25.6. The molecule has 2 N–H and O–H groups in total. The van der Waals surface area contributed by atoms with Crippen LogP contribution in [0.5, 0.6) is 0 Å². The Morgan fingerprint density at radius 2 is 1.83 bits per heavy atom. The number of nitrogens with zero attached hydrogens (tertiary/aromatic N) is 3. The number of thioether (sulfide) groups is 1. The second-order valence-electron chi connectivity index (χ2n) is 8.56. The van der Waals surface area contributed by atoms with E-state index in [1.54, 1.807) is 24.3 Å². The lowest BCUT2D eigenvalue weighted by Crippen LogP contribution is -2.34. The van der Waals surface area contributed by atoms with Crippen molar-refractivity contribution in [1.82, 2.24) is 20.1 Å². The highest BCUT2D eigenvalue weighted by molar-refractivity contribution is 7.99. The second-order valence-corrected chi connectivity index (χ2v) is 9.91. The molecular weight excluding hydrogens is 482 g/mol. The van der Waals surface area contributed by atoms with Crippen LogP contribution in [0.2, 0.25) is 5.02 Å². The lowest BCUT2D eigenvalue weighted by Gasteiger charge is -2.22. The number of hydrogen-bond acceptors (Lipinski definition) is 5. The first-order valence-electron chi connectivity index (χ1n) is 11.8. The van der Waals surface area contributed by atoms with Gasteiger partial charge in [0.1, 0.15) is 0 Å². The molecule has 35 heavy (non-hydrogen) atoms. The Balaban J connectivity index is 1.74. The number of amides is 2. The highest BCUT2D eigenvalue weighted by Gasteiger charge is 2.27. The van der Waals surface area contributed by atoms with E-state index in [4.69, 9.17) is 11.6 Å². The molecule has 0 fully saturated rings. The van der Waals surface area contributed by atoms with E-state index in [2.05, 4.69) is 27.8 Å². The molecule has 1 aromatic heterocycles. The highest BCUT2D eigenvalue weighted by Crippen LogP contribution is 2.27. The van der Waals surface area contributed by atoms with Gasteiger partial charge in [-0.2, -0.15) is 0 Å². The van der Waals surface area contributed by atoms with E-state index in [1.165, 1.54) is 11.8 Å². The van der Waals surface area contributed by atoms with Crippen molar-refractivity contribution in [1.29, 1.82) is 0 Å². The van der Waals surface area contributed by atoms with Crippen LogP contribution >= 0.6 is 23.4 Å². The monoisotopic (exact) mass is 513 g/mol. The molecule has 186 valence electrons. The summed E-state index contributed by atoms with van der Waals surface area (Å²) >= 11 is 7.54. The lowest BCUT2D eigenvalue weighted by molar-refractivity contribution is -0.113. The molecule has 1 atom stereocenters. The molecule has 0 unspecified atom stereocenters. The SMILES string of the molecule is CCc1cccc(C)c1NC(=O)CSc1nnc([C@@H](NC(=O)c2ccccc2Cl)C(C)C)n1CC. The Bertz CT molecular complexity index is 1190. The molecule has 0 aliphatic heterocycles. The average molecular weight is 514 g/mol. The summed E-state index contributed by atoms with van der Waals surface area (Å²) in [6.45, 7) is 10.7. The van der Waals surface area contributed by atoms with Gasteiger partial charge in [-0.15, -0.1) is 10.2 Å². The van der Waals surface area contributed by atoms with Crippen LogP contribution in [0.15, 0.2) is 47.6 Å². The van der Waals surface area contributed by atoms with Crippen molar-refractivity contribution in [3.8, 4) is 0 Å². The van der Waals surface area contributed by atoms with E-state index in [1.807, 2.05) is 50.5 Å². The third-order valence-corrected chi connectivity index (χ3v) is 7.04. The van der Waals surface area contributed by atoms with Crippen LogP contribution in [0.4, 0.5) is 5.69 Å². The van der Waals surface area contributed by atoms with Crippen molar-refractivity contribution in [3.05, 3.63) is 70.0 Å². The first kappa shape index (κ1) is 26.8. The Morgan fingerprint density at radius 3 is 2.49 bits per heavy atom. The second kappa shape index (κ2) is 12.2. The summed E-state index contributed by atoms with van der Waals surface area (Å²) in [6, 6.07) is 12.6. The van der Waals surface area contributed by atoms with Gasteiger partial charge in [-0.1, -0.05) is 74.5 Å². The topological polar surface area (TPSA) is 88.9 Å². The smallest absolute Gasteiger partial charge is 0.253 e. The Morgan fingerprint density at radius 1 is 1.09 bits per heavy atom. The number of hydrogen-bond donors (Lipinski definition) is 2. The van der Waals surface area contributed by atoms with Crippen LogP contribution in [0.25, 0.3) is 0 Å². The van der Waals surface area contributed by atoms with E-state index in [0.717, 1.165) is 23.2 Å². The van der Waals surface area contributed by atoms with Gasteiger partial charge in [0, 0.05) is 12.2 Å². The van der Waals surface area contributed by atoms with Gasteiger partial charge in [0.2, 0.25) is 5.91 Å². The average Bonchev–Trinajstić information content (AvgIpc) is 3.24. The Hall–Kier alpha value is -2.84. The van der Waals surface area contributed by atoms with Crippen LogP contribution in [-0.4, -0.2) is 32.3 Å². The predicted molar refractivity (Wildman–Crippen MR) is 142 cm³/mol. The van der Waals surface area contributed by atoms with E-state index in [-0.39, 0.29) is 29.5 Å². The van der Waals surface area contributed by atoms with Crippen LogP contribution in [0.1, 0.15) is 61.0 Å². The summed E-state index contributed by atoms with van der Waals surface area (Å²) in [7, 11) is 0. The van der Waals surface area contributed by atoms with Crippen molar-refractivity contribution in [3.63, 3.8) is 0 Å². The minimum atomic E-state index is -0.367. The number of carbonyl (C=O) groups excluding carboxylic acids is 2. The molecule has 0 saturated heterocycles. The zero-order valence-electron chi connectivity index (χ0n) is 20.8. The number of para-hydroxylation sites is 1. The number of aromatic nitrogens is 3. The molecular formula is C26H32ClN5O2S. The summed E-state index contributed by atoms with van der Waals surface area (Å²) in [5.41, 5.74) is 3.43. The van der Waals surface area contributed by atoms with Gasteiger partial charge in [0.15, 0.2) is 11.0 Å². The molecule has 3 aromatic rings. The zero-order valence-corrected chi connectivity index (χ0v) is 22.3. The first-order valence-corrected chi connectivity index (χ1v) is 13.1. The molecule has 9 heteroatoms. The molecule has 7 nitrogen and oxygen atoms in total. The Labute approximate surface area is 216 Å². The number of anilines is 1. The first-order chi connectivity index (χ1) is 16.8. The van der Waals surface area contributed by atoms with Crippen molar-refractivity contribution < 1.29 is 9.59 Å². The molecule has 0 aliphatic rings. The molecule has 2 aromatic carbocycles. The van der Waals surface area contributed by atoms with Crippen LogP contribution in [-0.2, 0) is 17.8 Å². The maximum absolute atomic E-state index is 12.9. The van der Waals surface area contributed by atoms with Gasteiger partial charge in [-0.25, -0.2) is 0 Å². The molecule has 1 heterocycles. The third kappa shape index (κ3) is 6.44. The predicted octanol–water partition coefficient (Wildman–Crippen LogP) is 5.68. The molecule has 0 saturated carbocycles. The van der Waals surface area contributed by atoms with E-state index in [9.17, 15) is 9.59 Å². The fraction of sp³-hybridized carbons (Fsp3) is 0.385. The lowest BCUT2D eigenvalue weighted by atomic mass is 10.0. The highest BCUT2D eigenvalue weighted by atomic mass is 35.5. The number of aryl methyl sites for hydroxylation is 2. The molecule has 2 amide bonds. The van der Waals surface area contributed by atoms with Crippen molar-refractivity contribution in [2.75, 3.05) is 11.1 Å². The van der Waals surface area contributed by atoms with Gasteiger partial charge in [0.05, 0.1) is 22.4 Å². The van der Waals surface area contributed by atoms with Gasteiger partial charge < -0.3 is 15.2 Å². The zero-order chi connectivity index (χ0) is 25.5. The van der Waals surface area contributed by atoms with E-state index in [0.29, 0.717) is 28.1 Å². The van der Waals surface area contributed by atoms with Crippen LogP contribution in [0, 0.1) is 12.8 Å². The maximum atomic E-state index is 12.9. The molecule has 0 aliphatic carbocycles. The maximum Gasteiger partial charge on any atom is 0.253 e. The van der Waals surface area contributed by atoms with Gasteiger partial charge in [-0.05, 0) is 49.4 Å². The quantitative estimate of drug-likeness (QED) is 0.340. The van der Waals surface area contributed by atoms with Crippen molar-refractivity contribution in [2.24, 2.45) is 5.92 Å². The molecule has 0 spiro atoms.